The molecule has 2 amide bonds. The van der Waals surface area contributed by atoms with Gasteiger partial charge in [0.15, 0.2) is 0 Å². The number of urea groups is 1. The van der Waals surface area contributed by atoms with E-state index in [-0.39, 0.29) is 6.03 Å². The number of thiophene rings is 1. The van der Waals surface area contributed by atoms with E-state index in [4.69, 9.17) is 0 Å². The molecule has 28 heavy (non-hydrogen) atoms. The predicted molar refractivity (Wildman–Crippen MR) is 114 cm³/mol. The molecule has 6 nitrogen and oxygen atoms in total. The van der Waals surface area contributed by atoms with Crippen molar-refractivity contribution in [3.8, 4) is 0 Å². The Morgan fingerprint density at radius 2 is 1.61 bits per heavy atom. The largest absolute Gasteiger partial charge is 0.333 e. The Bertz CT molecular complexity index is 872. The van der Waals surface area contributed by atoms with Gasteiger partial charge < -0.3 is 10.2 Å². The molecule has 0 saturated heterocycles. The maximum Gasteiger partial charge on any atom is 0.317 e. The zero-order valence-corrected chi connectivity index (χ0v) is 18.6. The lowest BCUT2D eigenvalue weighted by atomic mass is 10.1. The maximum atomic E-state index is 12.5. The normalized spacial score (nSPS) is 11.6. The highest BCUT2D eigenvalue weighted by Crippen LogP contribution is 2.24. The van der Waals surface area contributed by atoms with E-state index in [0.29, 0.717) is 30.4 Å². The molecule has 0 aliphatic carbocycles. The first-order valence-corrected chi connectivity index (χ1v) is 11.7. The van der Waals surface area contributed by atoms with Crippen molar-refractivity contribution in [1.82, 2.24) is 14.5 Å². The van der Waals surface area contributed by atoms with Crippen molar-refractivity contribution >= 4 is 27.4 Å². The summed E-state index contributed by atoms with van der Waals surface area (Å²) in [6.07, 6.45) is 0.989. The summed E-state index contributed by atoms with van der Waals surface area (Å²) in [5.74, 6) is 0. The van der Waals surface area contributed by atoms with E-state index < -0.39 is 10.0 Å². The number of benzene rings is 1. The molecule has 1 aromatic carbocycles. The summed E-state index contributed by atoms with van der Waals surface area (Å²) < 4.78 is 26.8. The Hall–Kier alpha value is -1.90. The van der Waals surface area contributed by atoms with E-state index in [2.05, 4.69) is 24.4 Å². The lowest BCUT2D eigenvalue weighted by Crippen LogP contribution is -2.36. The summed E-state index contributed by atoms with van der Waals surface area (Å²) in [6, 6.07) is 11.4. The number of carbonyl (C=O) groups excluding carboxylic acids is 1. The van der Waals surface area contributed by atoms with Crippen LogP contribution in [0.2, 0.25) is 0 Å². The quantitative estimate of drug-likeness (QED) is 0.669. The highest BCUT2D eigenvalue weighted by molar-refractivity contribution is 7.91. The number of sulfonamides is 1. The molecule has 0 aliphatic rings. The van der Waals surface area contributed by atoms with Gasteiger partial charge in [0.2, 0.25) is 0 Å². The SMILES string of the molecule is CCc1ccc(CN(C)C(=O)NCc2ccc(S(=O)(=O)N(CC)CC)s2)cc1. The Labute approximate surface area is 172 Å². The van der Waals surface area contributed by atoms with Crippen LogP contribution >= 0.6 is 11.3 Å². The zero-order valence-electron chi connectivity index (χ0n) is 16.9. The molecule has 0 bridgehead atoms. The van der Waals surface area contributed by atoms with Crippen LogP contribution in [-0.4, -0.2) is 43.8 Å². The molecule has 1 N–H and O–H groups in total. The molecule has 1 heterocycles. The summed E-state index contributed by atoms with van der Waals surface area (Å²) in [5.41, 5.74) is 2.34. The van der Waals surface area contributed by atoms with Crippen LogP contribution < -0.4 is 5.32 Å². The Morgan fingerprint density at radius 1 is 1.00 bits per heavy atom. The van der Waals surface area contributed by atoms with E-state index in [1.54, 1.807) is 24.1 Å². The van der Waals surface area contributed by atoms with E-state index in [1.165, 1.54) is 21.2 Å². The fourth-order valence-electron chi connectivity index (χ4n) is 2.81. The van der Waals surface area contributed by atoms with Crippen LogP contribution in [0.4, 0.5) is 4.79 Å². The molecule has 0 aliphatic heterocycles. The summed E-state index contributed by atoms with van der Waals surface area (Å²) in [5, 5.41) is 2.85. The number of hydrogen-bond acceptors (Lipinski definition) is 4. The maximum absolute atomic E-state index is 12.5. The van der Waals surface area contributed by atoms with Crippen LogP contribution in [0.5, 0.6) is 0 Å². The molecule has 1 aromatic heterocycles. The third-order valence-electron chi connectivity index (χ3n) is 4.55. The first-order valence-electron chi connectivity index (χ1n) is 9.47. The van der Waals surface area contributed by atoms with Gasteiger partial charge in [-0.1, -0.05) is 45.0 Å². The summed E-state index contributed by atoms with van der Waals surface area (Å²) >= 11 is 1.20. The average molecular weight is 424 g/mol. The van der Waals surface area contributed by atoms with Gasteiger partial charge >= 0.3 is 6.03 Å². The van der Waals surface area contributed by atoms with Crippen molar-refractivity contribution < 1.29 is 13.2 Å². The molecule has 2 aromatic rings. The van der Waals surface area contributed by atoms with E-state index in [1.807, 2.05) is 26.0 Å². The van der Waals surface area contributed by atoms with Gasteiger partial charge in [0.25, 0.3) is 10.0 Å². The number of amides is 2. The van der Waals surface area contributed by atoms with Gasteiger partial charge in [-0.2, -0.15) is 4.31 Å². The minimum absolute atomic E-state index is 0.193. The molecule has 0 atom stereocenters. The Balaban J connectivity index is 1.92. The van der Waals surface area contributed by atoms with Gasteiger partial charge in [-0.15, -0.1) is 11.3 Å². The molecule has 0 saturated carbocycles. The van der Waals surface area contributed by atoms with Crippen molar-refractivity contribution in [1.29, 1.82) is 0 Å². The summed E-state index contributed by atoms with van der Waals surface area (Å²) in [6.45, 7) is 7.44. The molecule has 2 rings (SSSR count). The fourth-order valence-corrected chi connectivity index (χ4v) is 5.71. The van der Waals surface area contributed by atoms with E-state index in [0.717, 1.165) is 16.9 Å². The highest BCUT2D eigenvalue weighted by atomic mass is 32.2. The smallest absolute Gasteiger partial charge is 0.317 e. The van der Waals surface area contributed by atoms with Crippen molar-refractivity contribution in [3.05, 3.63) is 52.4 Å². The molecule has 154 valence electrons. The minimum Gasteiger partial charge on any atom is -0.333 e. The lowest BCUT2D eigenvalue weighted by Gasteiger charge is -2.18. The van der Waals surface area contributed by atoms with Crippen LogP contribution in [-0.2, 0) is 29.5 Å². The van der Waals surface area contributed by atoms with Crippen LogP contribution in [0, 0.1) is 0 Å². The lowest BCUT2D eigenvalue weighted by molar-refractivity contribution is 0.206. The number of nitrogens with one attached hydrogen (secondary N) is 1. The third-order valence-corrected chi connectivity index (χ3v) is 8.15. The number of hydrogen-bond donors (Lipinski definition) is 1. The molecule has 8 heteroatoms. The number of carbonyl (C=O) groups is 1. The monoisotopic (exact) mass is 423 g/mol. The average Bonchev–Trinajstić information content (AvgIpc) is 3.17. The van der Waals surface area contributed by atoms with Crippen molar-refractivity contribution in [2.75, 3.05) is 20.1 Å². The first-order chi connectivity index (χ1) is 13.3. The zero-order chi connectivity index (χ0) is 20.7. The second-order valence-corrected chi connectivity index (χ2v) is 9.83. The predicted octanol–water partition coefficient (Wildman–Crippen LogP) is 3.68. The summed E-state index contributed by atoms with van der Waals surface area (Å²) in [7, 11) is -1.71. The molecular weight excluding hydrogens is 394 g/mol. The molecule has 0 unspecified atom stereocenters. The number of nitrogens with zero attached hydrogens (tertiary/aromatic N) is 2. The second-order valence-electron chi connectivity index (χ2n) is 6.49. The van der Waals surface area contributed by atoms with Crippen LogP contribution in [0.1, 0.15) is 36.8 Å². The van der Waals surface area contributed by atoms with Gasteiger partial charge in [-0.3, -0.25) is 0 Å². The molecule has 0 radical (unpaired) electrons. The van der Waals surface area contributed by atoms with Gasteiger partial charge in [-0.25, -0.2) is 13.2 Å². The van der Waals surface area contributed by atoms with Crippen LogP contribution in [0.3, 0.4) is 0 Å². The minimum atomic E-state index is -3.45. The van der Waals surface area contributed by atoms with Gasteiger partial charge in [0, 0.05) is 31.6 Å². The number of aryl methyl sites for hydroxylation is 1. The van der Waals surface area contributed by atoms with Crippen molar-refractivity contribution in [3.63, 3.8) is 0 Å². The fraction of sp³-hybridized carbons (Fsp3) is 0.450. The number of rotatable bonds is 9. The van der Waals surface area contributed by atoms with Gasteiger partial charge in [0.1, 0.15) is 4.21 Å². The standard InChI is InChI=1S/C20H29N3O3S2/c1-5-16-8-10-17(11-9-16)15-22(4)20(24)21-14-18-12-13-19(27-18)28(25,26)23(6-2)7-3/h8-13H,5-7,14-15H2,1-4H3,(H,21,24). The molecule has 0 fully saturated rings. The first kappa shape index (κ1) is 22.4. The Kier molecular flexibility index (Phi) is 8.03. The third kappa shape index (κ3) is 5.56. The Morgan fingerprint density at radius 3 is 2.18 bits per heavy atom. The van der Waals surface area contributed by atoms with Crippen molar-refractivity contribution in [2.24, 2.45) is 0 Å². The van der Waals surface area contributed by atoms with E-state index >= 15 is 0 Å². The van der Waals surface area contributed by atoms with Crippen LogP contribution in [0.15, 0.2) is 40.6 Å². The molecular formula is C20H29N3O3S2. The van der Waals surface area contributed by atoms with Gasteiger partial charge in [-0.05, 0) is 29.7 Å². The second kappa shape index (κ2) is 10.0. The van der Waals surface area contributed by atoms with E-state index in [9.17, 15) is 13.2 Å². The molecule has 0 spiro atoms. The summed E-state index contributed by atoms with van der Waals surface area (Å²) in [4.78, 5) is 14.8. The van der Waals surface area contributed by atoms with Crippen LogP contribution in [0.25, 0.3) is 0 Å². The topological polar surface area (TPSA) is 69.7 Å². The van der Waals surface area contributed by atoms with Crippen molar-refractivity contribution in [2.45, 2.75) is 44.5 Å². The van der Waals surface area contributed by atoms with Gasteiger partial charge in [0.05, 0.1) is 6.54 Å². The highest BCUT2D eigenvalue weighted by Gasteiger charge is 2.23.